The molecular weight excluding hydrogens is 274 g/mol. The molecule has 1 aromatic heterocycles. The Kier molecular flexibility index (Phi) is 3.15. The molecule has 1 saturated carbocycles. The van der Waals surface area contributed by atoms with Crippen molar-refractivity contribution in [2.75, 3.05) is 0 Å². The fourth-order valence-corrected chi connectivity index (χ4v) is 3.05. The molecule has 1 aromatic rings. The molecule has 1 aliphatic carbocycles. The summed E-state index contributed by atoms with van der Waals surface area (Å²) in [6.07, 6.45) is 1.21. The molecule has 0 spiro atoms. The Bertz CT molecular complexity index is 505. The van der Waals surface area contributed by atoms with Crippen molar-refractivity contribution in [2.24, 2.45) is 0 Å². The Labute approximate surface area is 102 Å². The largest absolute Gasteiger partial charge is 0.278 e. The van der Waals surface area contributed by atoms with E-state index in [2.05, 4.69) is 5.10 Å². The van der Waals surface area contributed by atoms with Gasteiger partial charge in [0.05, 0.1) is 12.2 Å². The van der Waals surface area contributed by atoms with Gasteiger partial charge in [0.25, 0.3) is 9.05 Å². The molecule has 1 fully saturated rings. The molecule has 0 aliphatic heterocycles. The first-order chi connectivity index (χ1) is 7.80. The van der Waals surface area contributed by atoms with E-state index >= 15 is 0 Å². The van der Waals surface area contributed by atoms with Gasteiger partial charge in [0.1, 0.15) is 0 Å². The lowest BCUT2D eigenvalue weighted by molar-refractivity contribution is -0.0457. The summed E-state index contributed by atoms with van der Waals surface area (Å²) in [5.74, 6) is -2.65. The van der Waals surface area contributed by atoms with E-state index in [0.717, 1.165) is 0 Å². The molecule has 0 aromatic carbocycles. The Balaban J connectivity index is 2.23. The average molecular weight is 285 g/mol. The van der Waals surface area contributed by atoms with Crippen LogP contribution in [0.3, 0.4) is 0 Å². The van der Waals surface area contributed by atoms with Gasteiger partial charge in [-0.1, -0.05) is 0 Å². The minimum Gasteiger partial charge on any atom is -0.250 e. The standard InChI is InChI=1S/C9H11ClF2N2O2S/c10-17(15,16)8-3-6-13-14(8)7-1-4-9(11,12)5-2-7/h3,6-7H,1-2,4-5H2. The minimum atomic E-state index is -3.88. The summed E-state index contributed by atoms with van der Waals surface area (Å²) in [4.78, 5) is 0. The lowest BCUT2D eigenvalue weighted by atomic mass is 9.92. The van der Waals surface area contributed by atoms with Gasteiger partial charge < -0.3 is 0 Å². The molecule has 96 valence electrons. The number of aromatic nitrogens is 2. The van der Waals surface area contributed by atoms with Gasteiger partial charge in [-0.05, 0) is 18.9 Å². The molecule has 0 atom stereocenters. The van der Waals surface area contributed by atoms with Gasteiger partial charge >= 0.3 is 0 Å². The van der Waals surface area contributed by atoms with E-state index in [-0.39, 0.29) is 36.8 Å². The second kappa shape index (κ2) is 4.20. The first kappa shape index (κ1) is 12.8. The molecule has 2 rings (SSSR count). The zero-order valence-electron chi connectivity index (χ0n) is 8.81. The van der Waals surface area contributed by atoms with Crippen LogP contribution in [0.1, 0.15) is 31.7 Å². The van der Waals surface area contributed by atoms with Gasteiger partial charge in [-0.15, -0.1) is 0 Å². The Hall–Kier alpha value is -0.690. The zero-order chi connectivity index (χ0) is 12.7. The quantitative estimate of drug-likeness (QED) is 0.784. The third-order valence-corrected chi connectivity index (χ3v) is 4.21. The van der Waals surface area contributed by atoms with Crippen molar-refractivity contribution >= 4 is 19.7 Å². The Morgan fingerprint density at radius 3 is 2.53 bits per heavy atom. The van der Waals surface area contributed by atoms with Gasteiger partial charge in [-0.25, -0.2) is 21.9 Å². The van der Waals surface area contributed by atoms with Crippen LogP contribution in [0.4, 0.5) is 8.78 Å². The van der Waals surface area contributed by atoms with E-state index < -0.39 is 15.0 Å². The minimum absolute atomic E-state index is 0.130. The Morgan fingerprint density at radius 1 is 1.41 bits per heavy atom. The molecule has 0 unspecified atom stereocenters. The lowest BCUT2D eigenvalue weighted by Gasteiger charge is -2.28. The van der Waals surface area contributed by atoms with Gasteiger partial charge in [0.15, 0.2) is 5.03 Å². The first-order valence-electron chi connectivity index (χ1n) is 5.16. The summed E-state index contributed by atoms with van der Waals surface area (Å²) >= 11 is 0. The van der Waals surface area contributed by atoms with E-state index in [0.29, 0.717) is 0 Å². The summed E-state index contributed by atoms with van der Waals surface area (Å²) < 4.78 is 49.7. The lowest BCUT2D eigenvalue weighted by Crippen LogP contribution is -2.27. The highest BCUT2D eigenvalue weighted by molar-refractivity contribution is 8.13. The predicted octanol–water partition coefficient (Wildman–Crippen LogP) is 2.56. The number of rotatable bonds is 2. The number of alkyl halides is 2. The summed E-state index contributed by atoms with van der Waals surface area (Å²) in [6, 6.07) is 0.947. The predicted molar refractivity (Wildman–Crippen MR) is 57.7 cm³/mol. The molecule has 8 heteroatoms. The third kappa shape index (κ3) is 2.77. The highest BCUT2D eigenvalue weighted by Gasteiger charge is 2.37. The maximum Gasteiger partial charge on any atom is 0.278 e. The van der Waals surface area contributed by atoms with Crippen molar-refractivity contribution in [2.45, 2.75) is 42.7 Å². The van der Waals surface area contributed by atoms with Gasteiger partial charge in [0.2, 0.25) is 5.92 Å². The number of halogens is 3. The van der Waals surface area contributed by atoms with Crippen LogP contribution < -0.4 is 0 Å². The molecule has 0 amide bonds. The second-order valence-electron chi connectivity index (χ2n) is 4.14. The first-order valence-corrected chi connectivity index (χ1v) is 7.46. The summed E-state index contributed by atoms with van der Waals surface area (Å²) in [6.45, 7) is 0. The molecule has 1 aliphatic rings. The molecular formula is C9H11ClF2N2O2S. The van der Waals surface area contributed by atoms with E-state index in [1.54, 1.807) is 0 Å². The smallest absolute Gasteiger partial charge is 0.250 e. The summed E-state index contributed by atoms with van der Waals surface area (Å²) in [5, 5.41) is 3.73. The average Bonchev–Trinajstić information content (AvgIpc) is 2.65. The van der Waals surface area contributed by atoms with Crippen molar-refractivity contribution in [3.05, 3.63) is 12.3 Å². The van der Waals surface area contributed by atoms with Crippen LogP contribution in [0.25, 0.3) is 0 Å². The normalized spacial score (nSPS) is 21.6. The molecule has 4 nitrogen and oxygen atoms in total. The van der Waals surface area contributed by atoms with E-state index in [1.807, 2.05) is 0 Å². The van der Waals surface area contributed by atoms with Crippen LogP contribution in [0.2, 0.25) is 0 Å². The highest BCUT2D eigenvalue weighted by atomic mass is 35.7. The highest BCUT2D eigenvalue weighted by Crippen LogP contribution is 2.39. The van der Waals surface area contributed by atoms with Crippen LogP contribution in [-0.2, 0) is 9.05 Å². The van der Waals surface area contributed by atoms with Crippen molar-refractivity contribution < 1.29 is 17.2 Å². The molecule has 0 radical (unpaired) electrons. The molecule has 0 bridgehead atoms. The molecule has 0 N–H and O–H groups in total. The van der Waals surface area contributed by atoms with E-state index in [1.165, 1.54) is 16.9 Å². The van der Waals surface area contributed by atoms with Crippen LogP contribution in [0, 0.1) is 0 Å². The van der Waals surface area contributed by atoms with E-state index in [9.17, 15) is 17.2 Å². The Morgan fingerprint density at radius 2 is 2.00 bits per heavy atom. The van der Waals surface area contributed by atoms with Crippen LogP contribution >= 0.6 is 10.7 Å². The molecule has 17 heavy (non-hydrogen) atoms. The van der Waals surface area contributed by atoms with Crippen LogP contribution in [0.15, 0.2) is 17.3 Å². The topological polar surface area (TPSA) is 52.0 Å². The van der Waals surface area contributed by atoms with Crippen molar-refractivity contribution in [1.82, 2.24) is 9.78 Å². The third-order valence-electron chi connectivity index (χ3n) is 2.92. The van der Waals surface area contributed by atoms with Gasteiger partial charge in [0, 0.05) is 23.5 Å². The zero-order valence-corrected chi connectivity index (χ0v) is 10.4. The summed E-state index contributed by atoms with van der Waals surface area (Å²) in [5.41, 5.74) is 0. The van der Waals surface area contributed by atoms with Crippen molar-refractivity contribution in [1.29, 1.82) is 0 Å². The monoisotopic (exact) mass is 284 g/mol. The maximum absolute atomic E-state index is 13.0. The molecule has 0 saturated heterocycles. The van der Waals surface area contributed by atoms with Crippen LogP contribution in [-0.4, -0.2) is 24.1 Å². The summed E-state index contributed by atoms with van der Waals surface area (Å²) in [7, 11) is 1.36. The van der Waals surface area contributed by atoms with Crippen molar-refractivity contribution in [3.8, 4) is 0 Å². The maximum atomic E-state index is 13.0. The molecule has 1 heterocycles. The van der Waals surface area contributed by atoms with E-state index in [4.69, 9.17) is 10.7 Å². The fourth-order valence-electron chi connectivity index (χ4n) is 2.04. The number of hydrogen-bond donors (Lipinski definition) is 0. The van der Waals surface area contributed by atoms with Gasteiger partial charge in [-0.2, -0.15) is 5.10 Å². The fraction of sp³-hybridized carbons (Fsp3) is 0.667. The van der Waals surface area contributed by atoms with Crippen molar-refractivity contribution in [3.63, 3.8) is 0 Å². The van der Waals surface area contributed by atoms with Gasteiger partial charge in [-0.3, -0.25) is 0 Å². The SMILES string of the molecule is O=S(=O)(Cl)c1ccnn1C1CCC(F)(F)CC1. The van der Waals surface area contributed by atoms with Crippen LogP contribution in [0.5, 0.6) is 0 Å². The number of nitrogens with zero attached hydrogens (tertiary/aromatic N) is 2. The number of hydrogen-bond acceptors (Lipinski definition) is 3. The second-order valence-corrected chi connectivity index (χ2v) is 6.65.